The molecule has 0 fully saturated rings. The van der Waals surface area contributed by atoms with Crippen LogP contribution in [0, 0.1) is 0 Å². The number of carbonyl (C=O) groups is 2. The Morgan fingerprint density at radius 1 is 1.17 bits per heavy atom. The number of carbonyl (C=O) groups excluding carboxylic acids is 2. The number of pyridine rings is 1. The second kappa shape index (κ2) is 7.44. The summed E-state index contributed by atoms with van der Waals surface area (Å²) in [5, 5.41) is 0.279. The maximum Gasteiger partial charge on any atom is 0.358 e. The average molecular weight is 354 g/mol. The van der Waals surface area contributed by atoms with Gasteiger partial charge in [0.1, 0.15) is 17.5 Å². The van der Waals surface area contributed by atoms with Crippen molar-refractivity contribution in [3.63, 3.8) is 0 Å². The van der Waals surface area contributed by atoms with Crippen LogP contribution < -0.4 is 4.74 Å². The molecule has 0 spiro atoms. The zero-order valence-electron chi connectivity index (χ0n) is 12.4. The molecule has 0 N–H and O–H groups in total. The lowest BCUT2D eigenvalue weighted by Crippen LogP contribution is -2.09. The fraction of sp³-hybridized carbons (Fsp3) is 0.188. The smallest absolute Gasteiger partial charge is 0.358 e. The highest BCUT2D eigenvalue weighted by Gasteiger charge is 2.16. The van der Waals surface area contributed by atoms with E-state index >= 15 is 0 Å². The number of hydrogen-bond acceptors (Lipinski definition) is 5. The molecule has 120 valence electrons. The van der Waals surface area contributed by atoms with Crippen molar-refractivity contribution in [2.45, 2.75) is 13.5 Å². The van der Waals surface area contributed by atoms with Crippen molar-refractivity contribution in [1.82, 2.24) is 4.98 Å². The van der Waals surface area contributed by atoms with Gasteiger partial charge in [-0.15, -0.1) is 0 Å². The standard InChI is InChI=1S/C16H13Cl2NO4/c1-9(20)10-3-5-13(22-2)11(7-10)8-23-16(21)15-12(17)4-6-14(18)19-15/h3-7H,8H2,1-2H3. The molecule has 0 unspecified atom stereocenters. The Bertz CT molecular complexity index is 762. The number of halogens is 2. The molecule has 1 aromatic carbocycles. The average Bonchev–Trinajstić information content (AvgIpc) is 2.54. The fourth-order valence-electron chi connectivity index (χ4n) is 1.88. The van der Waals surface area contributed by atoms with Gasteiger partial charge in [-0.2, -0.15) is 0 Å². The largest absolute Gasteiger partial charge is 0.496 e. The molecule has 0 bridgehead atoms. The van der Waals surface area contributed by atoms with Gasteiger partial charge in [-0.25, -0.2) is 9.78 Å². The summed E-state index contributed by atoms with van der Waals surface area (Å²) in [7, 11) is 1.49. The van der Waals surface area contributed by atoms with Crippen LogP contribution in [-0.4, -0.2) is 23.8 Å². The molecule has 2 rings (SSSR count). The quantitative estimate of drug-likeness (QED) is 0.462. The van der Waals surface area contributed by atoms with Crippen LogP contribution >= 0.6 is 23.2 Å². The van der Waals surface area contributed by atoms with E-state index in [-0.39, 0.29) is 28.3 Å². The molecule has 0 atom stereocenters. The van der Waals surface area contributed by atoms with E-state index in [9.17, 15) is 9.59 Å². The molecule has 0 saturated carbocycles. The Morgan fingerprint density at radius 2 is 1.91 bits per heavy atom. The summed E-state index contributed by atoms with van der Waals surface area (Å²) in [5.74, 6) is -0.305. The Kier molecular flexibility index (Phi) is 5.58. The van der Waals surface area contributed by atoms with Crippen LogP contribution in [0.5, 0.6) is 5.75 Å². The summed E-state index contributed by atoms with van der Waals surface area (Å²) in [4.78, 5) is 27.4. The number of hydrogen-bond donors (Lipinski definition) is 0. The Labute approximate surface area is 143 Å². The molecular weight excluding hydrogens is 341 g/mol. The van der Waals surface area contributed by atoms with E-state index < -0.39 is 5.97 Å². The maximum absolute atomic E-state index is 12.1. The van der Waals surface area contributed by atoms with Gasteiger partial charge < -0.3 is 9.47 Å². The van der Waals surface area contributed by atoms with Crippen LogP contribution in [0.2, 0.25) is 10.2 Å². The number of benzene rings is 1. The summed E-state index contributed by atoms with van der Waals surface area (Å²) >= 11 is 11.7. The molecule has 2 aromatic rings. The minimum absolute atomic E-state index is 0.0687. The summed E-state index contributed by atoms with van der Waals surface area (Å²) in [6, 6.07) is 7.83. The van der Waals surface area contributed by atoms with Gasteiger partial charge in [-0.3, -0.25) is 4.79 Å². The predicted octanol–water partition coefficient (Wildman–Crippen LogP) is 3.96. The second-order valence-corrected chi connectivity index (χ2v) is 5.42. The monoisotopic (exact) mass is 353 g/mol. The predicted molar refractivity (Wildman–Crippen MR) is 86.4 cm³/mol. The van der Waals surface area contributed by atoms with Gasteiger partial charge in [0.15, 0.2) is 11.5 Å². The highest BCUT2D eigenvalue weighted by Crippen LogP contribution is 2.23. The molecule has 0 radical (unpaired) electrons. The minimum Gasteiger partial charge on any atom is -0.496 e. The first-order valence-corrected chi connectivity index (χ1v) is 7.35. The maximum atomic E-state index is 12.1. The van der Waals surface area contributed by atoms with Crippen LogP contribution in [0.25, 0.3) is 0 Å². The van der Waals surface area contributed by atoms with E-state index in [1.807, 2.05) is 0 Å². The van der Waals surface area contributed by atoms with E-state index in [0.717, 1.165) is 0 Å². The summed E-state index contributed by atoms with van der Waals surface area (Å²) in [6.07, 6.45) is 0. The third kappa shape index (κ3) is 4.21. The van der Waals surface area contributed by atoms with E-state index in [1.54, 1.807) is 18.2 Å². The number of ether oxygens (including phenoxy) is 2. The topological polar surface area (TPSA) is 65.5 Å². The van der Waals surface area contributed by atoms with Crippen LogP contribution in [0.15, 0.2) is 30.3 Å². The normalized spacial score (nSPS) is 10.3. The lowest BCUT2D eigenvalue weighted by Gasteiger charge is -2.11. The first-order valence-electron chi connectivity index (χ1n) is 6.59. The van der Waals surface area contributed by atoms with Crippen molar-refractivity contribution in [2.24, 2.45) is 0 Å². The summed E-state index contributed by atoms with van der Waals surface area (Å²) in [5.41, 5.74) is 0.989. The van der Waals surface area contributed by atoms with Crippen LogP contribution in [0.3, 0.4) is 0 Å². The van der Waals surface area contributed by atoms with Crippen LogP contribution in [0.1, 0.15) is 33.3 Å². The zero-order valence-corrected chi connectivity index (χ0v) is 13.9. The molecule has 0 amide bonds. The summed E-state index contributed by atoms with van der Waals surface area (Å²) in [6.45, 7) is 1.36. The van der Waals surface area contributed by atoms with Gasteiger partial charge in [0.25, 0.3) is 0 Å². The van der Waals surface area contributed by atoms with Crippen molar-refractivity contribution in [2.75, 3.05) is 7.11 Å². The van der Waals surface area contributed by atoms with E-state index in [0.29, 0.717) is 16.9 Å². The third-order valence-corrected chi connectivity index (χ3v) is 3.57. The number of aromatic nitrogens is 1. The van der Waals surface area contributed by atoms with Gasteiger partial charge in [-0.1, -0.05) is 23.2 Å². The minimum atomic E-state index is -0.715. The molecule has 7 heteroatoms. The number of esters is 1. The van der Waals surface area contributed by atoms with Crippen molar-refractivity contribution >= 4 is 35.0 Å². The Balaban J connectivity index is 2.19. The fourth-order valence-corrected chi connectivity index (χ4v) is 2.21. The van der Waals surface area contributed by atoms with Gasteiger partial charge in [0.05, 0.1) is 12.1 Å². The van der Waals surface area contributed by atoms with Crippen LogP contribution in [-0.2, 0) is 11.3 Å². The van der Waals surface area contributed by atoms with Gasteiger partial charge in [0, 0.05) is 11.1 Å². The molecule has 0 aliphatic heterocycles. The van der Waals surface area contributed by atoms with E-state index in [2.05, 4.69) is 4.98 Å². The molecular formula is C16H13Cl2NO4. The Hall–Kier alpha value is -2.11. The third-order valence-electron chi connectivity index (χ3n) is 3.05. The molecule has 5 nitrogen and oxygen atoms in total. The second-order valence-electron chi connectivity index (χ2n) is 4.62. The van der Waals surface area contributed by atoms with Crippen LogP contribution in [0.4, 0.5) is 0 Å². The molecule has 23 heavy (non-hydrogen) atoms. The van der Waals surface area contributed by atoms with Crippen molar-refractivity contribution in [3.05, 3.63) is 57.3 Å². The lowest BCUT2D eigenvalue weighted by atomic mass is 10.1. The highest BCUT2D eigenvalue weighted by atomic mass is 35.5. The van der Waals surface area contributed by atoms with Gasteiger partial charge in [-0.05, 0) is 37.3 Å². The molecule has 0 aliphatic rings. The molecule has 0 saturated heterocycles. The number of Topliss-reactive ketones (excluding diaryl/α,β-unsaturated/α-hetero) is 1. The number of methoxy groups -OCH3 is 1. The lowest BCUT2D eigenvalue weighted by molar-refractivity contribution is 0.0463. The van der Waals surface area contributed by atoms with Gasteiger partial charge >= 0.3 is 5.97 Å². The van der Waals surface area contributed by atoms with Crippen molar-refractivity contribution in [1.29, 1.82) is 0 Å². The van der Waals surface area contributed by atoms with Crippen molar-refractivity contribution < 1.29 is 19.1 Å². The first kappa shape index (κ1) is 17.2. The molecule has 0 aliphatic carbocycles. The van der Waals surface area contributed by atoms with E-state index in [4.69, 9.17) is 32.7 Å². The zero-order chi connectivity index (χ0) is 17.0. The SMILES string of the molecule is COc1ccc(C(C)=O)cc1COC(=O)c1nc(Cl)ccc1Cl. The summed E-state index contributed by atoms with van der Waals surface area (Å²) < 4.78 is 10.4. The number of ketones is 1. The van der Waals surface area contributed by atoms with E-state index in [1.165, 1.54) is 26.2 Å². The molecule has 1 aromatic heterocycles. The first-order chi connectivity index (χ1) is 10.9. The molecule has 1 heterocycles. The highest BCUT2D eigenvalue weighted by molar-refractivity contribution is 6.34. The van der Waals surface area contributed by atoms with Gasteiger partial charge in [0.2, 0.25) is 0 Å². The van der Waals surface area contributed by atoms with Crippen molar-refractivity contribution in [3.8, 4) is 5.75 Å². The Morgan fingerprint density at radius 3 is 2.57 bits per heavy atom. The number of rotatable bonds is 5. The number of nitrogens with zero attached hydrogens (tertiary/aromatic N) is 1.